The van der Waals surface area contributed by atoms with Gasteiger partial charge < -0.3 is 0 Å². The predicted molar refractivity (Wildman–Crippen MR) is 64.3 cm³/mol. The van der Waals surface area contributed by atoms with E-state index < -0.39 is 0 Å². The molecular weight excluding hydrogens is 269 g/mol. The van der Waals surface area contributed by atoms with Crippen LogP contribution in [0.4, 0.5) is 4.39 Å². The molecular formula is C13H7BrFN. The first-order chi connectivity index (χ1) is 7.69. The summed E-state index contributed by atoms with van der Waals surface area (Å²) < 4.78 is 13.9. The number of nitriles is 1. The monoisotopic (exact) mass is 275 g/mol. The average Bonchev–Trinajstić information content (AvgIpc) is 2.28. The van der Waals surface area contributed by atoms with Crippen LogP contribution in [0.25, 0.3) is 11.1 Å². The highest BCUT2D eigenvalue weighted by Gasteiger charge is 2.02. The summed E-state index contributed by atoms with van der Waals surface area (Å²) in [5, 5.41) is 8.84. The SMILES string of the molecule is N#Cc1cc(Br)cc(-c2cccc(F)c2)c1. The van der Waals surface area contributed by atoms with E-state index >= 15 is 0 Å². The molecule has 0 heterocycles. The van der Waals surface area contributed by atoms with Gasteiger partial charge in [-0.15, -0.1) is 0 Å². The lowest BCUT2D eigenvalue weighted by Gasteiger charge is -2.03. The average molecular weight is 276 g/mol. The van der Waals surface area contributed by atoms with Crippen LogP contribution in [-0.2, 0) is 0 Å². The summed E-state index contributed by atoms with van der Waals surface area (Å²) in [6, 6.07) is 13.7. The quantitative estimate of drug-likeness (QED) is 0.768. The third-order valence-electron chi connectivity index (χ3n) is 2.18. The predicted octanol–water partition coefficient (Wildman–Crippen LogP) is 4.13. The van der Waals surface area contributed by atoms with Gasteiger partial charge >= 0.3 is 0 Å². The van der Waals surface area contributed by atoms with Gasteiger partial charge in [0.15, 0.2) is 0 Å². The zero-order chi connectivity index (χ0) is 11.5. The van der Waals surface area contributed by atoms with Crippen LogP contribution < -0.4 is 0 Å². The summed E-state index contributed by atoms with van der Waals surface area (Å²) in [6.07, 6.45) is 0. The standard InChI is InChI=1S/C13H7BrFN/c14-12-5-9(8-16)4-11(6-12)10-2-1-3-13(15)7-10/h1-7H. The second-order valence-corrected chi connectivity index (χ2v) is 4.27. The molecule has 0 aliphatic carbocycles. The van der Waals surface area contributed by atoms with E-state index in [1.807, 2.05) is 12.1 Å². The zero-order valence-electron chi connectivity index (χ0n) is 8.24. The van der Waals surface area contributed by atoms with Crippen LogP contribution in [0.1, 0.15) is 5.56 Å². The molecule has 0 N–H and O–H groups in total. The summed E-state index contributed by atoms with van der Waals surface area (Å²) in [4.78, 5) is 0. The Balaban J connectivity index is 2.56. The molecule has 0 aromatic heterocycles. The second kappa shape index (κ2) is 4.46. The molecule has 16 heavy (non-hydrogen) atoms. The van der Waals surface area contributed by atoms with Crippen molar-refractivity contribution in [2.45, 2.75) is 0 Å². The van der Waals surface area contributed by atoms with Crippen molar-refractivity contribution in [3.8, 4) is 17.2 Å². The van der Waals surface area contributed by atoms with E-state index in [1.54, 1.807) is 18.2 Å². The normalized spacial score (nSPS) is 9.81. The number of nitrogens with zero attached hydrogens (tertiary/aromatic N) is 1. The van der Waals surface area contributed by atoms with Crippen LogP contribution >= 0.6 is 15.9 Å². The number of hydrogen-bond acceptors (Lipinski definition) is 1. The molecule has 0 spiro atoms. The minimum atomic E-state index is -0.281. The Morgan fingerprint density at radius 1 is 1.06 bits per heavy atom. The first-order valence-electron chi connectivity index (χ1n) is 4.65. The fourth-order valence-corrected chi connectivity index (χ4v) is 1.98. The maximum Gasteiger partial charge on any atom is 0.123 e. The van der Waals surface area contributed by atoms with E-state index in [2.05, 4.69) is 22.0 Å². The highest BCUT2D eigenvalue weighted by atomic mass is 79.9. The highest BCUT2D eigenvalue weighted by Crippen LogP contribution is 2.25. The van der Waals surface area contributed by atoms with Crippen LogP contribution in [0.2, 0.25) is 0 Å². The minimum absolute atomic E-state index is 0.281. The van der Waals surface area contributed by atoms with Crippen molar-refractivity contribution in [2.75, 3.05) is 0 Å². The summed E-state index contributed by atoms with van der Waals surface area (Å²) >= 11 is 3.32. The molecule has 1 nitrogen and oxygen atoms in total. The third kappa shape index (κ3) is 2.29. The van der Waals surface area contributed by atoms with Crippen molar-refractivity contribution < 1.29 is 4.39 Å². The lowest BCUT2D eigenvalue weighted by Crippen LogP contribution is -1.82. The van der Waals surface area contributed by atoms with Gasteiger partial charge in [0.05, 0.1) is 11.6 Å². The van der Waals surface area contributed by atoms with Crippen molar-refractivity contribution >= 4 is 15.9 Å². The van der Waals surface area contributed by atoms with Crippen molar-refractivity contribution in [3.63, 3.8) is 0 Å². The van der Waals surface area contributed by atoms with Crippen LogP contribution in [-0.4, -0.2) is 0 Å². The van der Waals surface area contributed by atoms with Crippen LogP contribution in [0.3, 0.4) is 0 Å². The Labute approximate surface area is 101 Å². The van der Waals surface area contributed by atoms with Gasteiger partial charge in [0.25, 0.3) is 0 Å². The fraction of sp³-hybridized carbons (Fsp3) is 0. The largest absolute Gasteiger partial charge is 0.207 e. The molecule has 0 amide bonds. The van der Waals surface area contributed by atoms with Crippen molar-refractivity contribution in [1.29, 1.82) is 5.26 Å². The molecule has 2 aromatic carbocycles. The van der Waals surface area contributed by atoms with Gasteiger partial charge in [0, 0.05) is 4.47 Å². The van der Waals surface area contributed by atoms with Gasteiger partial charge in [-0.25, -0.2) is 4.39 Å². The lowest BCUT2D eigenvalue weighted by atomic mass is 10.0. The first-order valence-corrected chi connectivity index (χ1v) is 5.45. The van der Waals surface area contributed by atoms with Crippen molar-refractivity contribution in [1.82, 2.24) is 0 Å². The highest BCUT2D eigenvalue weighted by molar-refractivity contribution is 9.10. The van der Waals surface area contributed by atoms with E-state index in [0.717, 1.165) is 15.6 Å². The fourth-order valence-electron chi connectivity index (χ4n) is 1.49. The molecule has 0 bridgehead atoms. The molecule has 0 saturated heterocycles. The Bertz CT molecular complexity index is 572. The van der Waals surface area contributed by atoms with Crippen molar-refractivity contribution in [2.24, 2.45) is 0 Å². The van der Waals surface area contributed by atoms with E-state index in [-0.39, 0.29) is 5.82 Å². The summed E-state index contributed by atoms with van der Waals surface area (Å²) in [6.45, 7) is 0. The lowest BCUT2D eigenvalue weighted by molar-refractivity contribution is 0.628. The molecule has 0 saturated carbocycles. The third-order valence-corrected chi connectivity index (χ3v) is 2.64. The molecule has 0 unspecified atom stereocenters. The molecule has 0 aliphatic heterocycles. The molecule has 78 valence electrons. The maximum atomic E-state index is 13.1. The maximum absolute atomic E-state index is 13.1. The van der Waals surface area contributed by atoms with Gasteiger partial charge in [-0.1, -0.05) is 28.1 Å². The minimum Gasteiger partial charge on any atom is -0.207 e. The van der Waals surface area contributed by atoms with Gasteiger partial charge in [-0.2, -0.15) is 5.26 Å². The Hall–Kier alpha value is -1.66. The summed E-state index contributed by atoms with van der Waals surface area (Å²) in [7, 11) is 0. The molecule has 0 fully saturated rings. The van der Waals surface area contributed by atoms with Crippen LogP contribution in [0.5, 0.6) is 0 Å². The molecule has 0 radical (unpaired) electrons. The Morgan fingerprint density at radius 2 is 1.88 bits per heavy atom. The van der Waals surface area contributed by atoms with Gasteiger partial charge in [0.2, 0.25) is 0 Å². The molecule has 2 aromatic rings. The number of hydrogen-bond donors (Lipinski definition) is 0. The second-order valence-electron chi connectivity index (χ2n) is 3.35. The number of halogens is 2. The van der Waals surface area contributed by atoms with Gasteiger partial charge in [0.1, 0.15) is 5.82 Å². The van der Waals surface area contributed by atoms with E-state index in [9.17, 15) is 4.39 Å². The summed E-state index contributed by atoms with van der Waals surface area (Å²) in [5.41, 5.74) is 2.14. The van der Waals surface area contributed by atoms with Crippen LogP contribution in [0.15, 0.2) is 46.9 Å². The zero-order valence-corrected chi connectivity index (χ0v) is 9.83. The summed E-state index contributed by atoms with van der Waals surface area (Å²) in [5.74, 6) is -0.281. The molecule has 0 atom stereocenters. The molecule has 0 aliphatic rings. The number of rotatable bonds is 1. The Morgan fingerprint density at radius 3 is 2.56 bits per heavy atom. The number of benzene rings is 2. The smallest absolute Gasteiger partial charge is 0.123 e. The molecule has 2 rings (SSSR count). The molecule has 3 heteroatoms. The van der Waals surface area contributed by atoms with E-state index in [0.29, 0.717) is 5.56 Å². The Kier molecular flexibility index (Phi) is 3.02. The van der Waals surface area contributed by atoms with E-state index in [1.165, 1.54) is 12.1 Å². The first kappa shape index (κ1) is 10.8. The van der Waals surface area contributed by atoms with Gasteiger partial charge in [-0.3, -0.25) is 0 Å². The van der Waals surface area contributed by atoms with Crippen molar-refractivity contribution in [3.05, 3.63) is 58.3 Å². The van der Waals surface area contributed by atoms with Gasteiger partial charge in [-0.05, 0) is 41.5 Å². The van der Waals surface area contributed by atoms with E-state index in [4.69, 9.17) is 5.26 Å². The topological polar surface area (TPSA) is 23.8 Å². The van der Waals surface area contributed by atoms with Crippen LogP contribution in [0, 0.1) is 17.1 Å².